The van der Waals surface area contributed by atoms with Gasteiger partial charge in [0.1, 0.15) is 7.05 Å². The monoisotopic (exact) mass is 332 g/mol. The van der Waals surface area contributed by atoms with Crippen LogP contribution in [0.3, 0.4) is 0 Å². The lowest BCUT2D eigenvalue weighted by Gasteiger charge is -2.03. The van der Waals surface area contributed by atoms with Crippen molar-refractivity contribution in [3.05, 3.63) is 30.1 Å². The second kappa shape index (κ2) is 15.7. The summed E-state index contributed by atoms with van der Waals surface area (Å²) in [5.74, 6) is 0. The molecule has 0 saturated heterocycles. The van der Waals surface area contributed by atoms with Crippen molar-refractivity contribution in [1.29, 1.82) is 0 Å². The lowest BCUT2D eigenvalue weighted by atomic mass is 10.0. The molecule has 0 spiro atoms. The first-order valence-corrected chi connectivity index (χ1v) is 10.8. The largest absolute Gasteiger partial charge is 0.208 e. The van der Waals surface area contributed by atoms with Crippen LogP contribution in [0.2, 0.25) is 0 Å². The van der Waals surface area contributed by atoms with E-state index >= 15 is 0 Å². The van der Waals surface area contributed by atoms with Crippen LogP contribution >= 0.6 is 0 Å². The average molecular weight is 333 g/mol. The van der Waals surface area contributed by atoms with Crippen molar-refractivity contribution in [2.24, 2.45) is 7.05 Å². The van der Waals surface area contributed by atoms with E-state index in [1.807, 2.05) is 0 Å². The van der Waals surface area contributed by atoms with Gasteiger partial charge in [-0.1, -0.05) is 96.8 Å². The number of hydrogen-bond acceptors (Lipinski definition) is 0. The van der Waals surface area contributed by atoms with E-state index in [1.54, 1.807) is 0 Å². The summed E-state index contributed by atoms with van der Waals surface area (Å²) in [5.41, 5.74) is 1.48. The van der Waals surface area contributed by atoms with Crippen LogP contribution in [-0.2, 0) is 13.5 Å². The van der Waals surface area contributed by atoms with Crippen LogP contribution in [0, 0.1) is 0 Å². The summed E-state index contributed by atoms with van der Waals surface area (Å²) in [6.45, 7) is 2.29. The molecule has 1 heterocycles. The number of unbranched alkanes of at least 4 members (excludes halogenated alkanes) is 14. The lowest BCUT2D eigenvalue weighted by Crippen LogP contribution is -2.26. The van der Waals surface area contributed by atoms with Gasteiger partial charge in [-0.15, -0.1) is 0 Å². The highest BCUT2D eigenvalue weighted by Gasteiger charge is 1.98. The quantitative estimate of drug-likeness (QED) is 0.228. The minimum absolute atomic E-state index is 1.24. The Morgan fingerprint density at radius 3 is 1.58 bits per heavy atom. The smallest absolute Gasteiger partial charge is 0.171 e. The maximum Gasteiger partial charge on any atom is 0.171 e. The number of hydrogen-bond donors (Lipinski definition) is 0. The maximum atomic E-state index is 2.29. The van der Waals surface area contributed by atoms with Crippen molar-refractivity contribution in [1.82, 2.24) is 0 Å². The Balaban J connectivity index is 1.76. The normalized spacial score (nSPS) is 11.1. The van der Waals surface area contributed by atoms with Crippen molar-refractivity contribution >= 4 is 0 Å². The van der Waals surface area contributed by atoms with Gasteiger partial charge in [-0.25, -0.2) is 4.57 Å². The molecular weight excluding hydrogens is 290 g/mol. The third-order valence-corrected chi connectivity index (χ3v) is 5.07. The van der Waals surface area contributed by atoms with Gasteiger partial charge >= 0.3 is 0 Å². The molecule has 1 rings (SSSR count). The molecule has 0 atom stereocenters. The van der Waals surface area contributed by atoms with Crippen LogP contribution < -0.4 is 4.57 Å². The van der Waals surface area contributed by atoms with E-state index in [-0.39, 0.29) is 0 Å². The van der Waals surface area contributed by atoms with Crippen molar-refractivity contribution in [2.45, 2.75) is 110 Å². The van der Waals surface area contributed by atoms with Crippen LogP contribution in [0.5, 0.6) is 0 Å². The summed E-state index contributed by atoms with van der Waals surface area (Å²) in [6, 6.07) is 4.41. The van der Waals surface area contributed by atoms with E-state index in [2.05, 4.69) is 43.1 Å². The molecule has 0 fully saturated rings. The summed E-state index contributed by atoms with van der Waals surface area (Å²) in [4.78, 5) is 0. The molecular formula is C23H42N+. The van der Waals surface area contributed by atoms with Crippen molar-refractivity contribution in [3.63, 3.8) is 0 Å². The van der Waals surface area contributed by atoms with Gasteiger partial charge in [0.25, 0.3) is 0 Å². The van der Waals surface area contributed by atoms with Gasteiger partial charge in [0.15, 0.2) is 12.4 Å². The highest BCUT2D eigenvalue weighted by molar-refractivity contribution is 5.05. The van der Waals surface area contributed by atoms with Gasteiger partial charge < -0.3 is 0 Å². The van der Waals surface area contributed by atoms with Gasteiger partial charge in [0.2, 0.25) is 0 Å². The van der Waals surface area contributed by atoms with Gasteiger partial charge in [0, 0.05) is 11.6 Å². The zero-order chi connectivity index (χ0) is 17.3. The molecule has 0 amide bonds. The Bertz CT molecular complexity index is 385. The summed E-state index contributed by atoms with van der Waals surface area (Å²) < 4.78 is 2.15. The first-order valence-electron chi connectivity index (χ1n) is 10.8. The van der Waals surface area contributed by atoms with Crippen molar-refractivity contribution < 1.29 is 4.57 Å². The third kappa shape index (κ3) is 12.6. The number of aryl methyl sites for hydroxylation is 2. The predicted octanol–water partition coefficient (Wildman–Crippen LogP) is 6.93. The van der Waals surface area contributed by atoms with E-state index in [9.17, 15) is 0 Å². The summed E-state index contributed by atoms with van der Waals surface area (Å²) >= 11 is 0. The number of rotatable bonds is 16. The fraction of sp³-hybridized carbons (Fsp3) is 0.783. The molecule has 0 aliphatic carbocycles. The molecule has 1 nitrogen and oxygen atoms in total. The minimum atomic E-state index is 1.24. The molecule has 0 N–H and O–H groups in total. The Labute approximate surface area is 151 Å². The van der Waals surface area contributed by atoms with E-state index in [1.165, 1.54) is 108 Å². The van der Waals surface area contributed by atoms with Gasteiger partial charge in [-0.3, -0.25) is 0 Å². The lowest BCUT2D eigenvalue weighted by molar-refractivity contribution is -0.671. The molecule has 138 valence electrons. The average Bonchev–Trinajstić information content (AvgIpc) is 2.58. The Morgan fingerprint density at radius 1 is 0.667 bits per heavy atom. The van der Waals surface area contributed by atoms with E-state index < -0.39 is 0 Å². The van der Waals surface area contributed by atoms with Crippen LogP contribution in [-0.4, -0.2) is 0 Å². The zero-order valence-electron chi connectivity index (χ0n) is 16.6. The van der Waals surface area contributed by atoms with Gasteiger partial charge in [-0.2, -0.15) is 0 Å². The highest BCUT2D eigenvalue weighted by Crippen LogP contribution is 2.13. The summed E-state index contributed by atoms with van der Waals surface area (Å²) in [6.07, 6.45) is 27.2. The maximum absolute atomic E-state index is 2.29. The molecule has 0 aliphatic heterocycles. The SMILES string of the molecule is CCCCCCCCCCCCCCCCCc1ccc[n+](C)c1. The molecule has 0 radical (unpaired) electrons. The van der Waals surface area contributed by atoms with Gasteiger partial charge in [-0.05, 0) is 18.9 Å². The van der Waals surface area contributed by atoms with E-state index in [0.29, 0.717) is 0 Å². The highest BCUT2D eigenvalue weighted by atomic mass is 14.9. The minimum Gasteiger partial charge on any atom is -0.208 e. The van der Waals surface area contributed by atoms with Gasteiger partial charge in [0.05, 0.1) is 0 Å². The molecule has 1 heteroatoms. The molecule has 0 unspecified atom stereocenters. The van der Waals surface area contributed by atoms with Crippen LogP contribution in [0.25, 0.3) is 0 Å². The fourth-order valence-electron chi connectivity index (χ4n) is 3.50. The Kier molecular flexibility index (Phi) is 13.8. The second-order valence-electron chi connectivity index (χ2n) is 7.58. The molecule has 0 bridgehead atoms. The topological polar surface area (TPSA) is 3.88 Å². The van der Waals surface area contributed by atoms with E-state index in [4.69, 9.17) is 0 Å². The van der Waals surface area contributed by atoms with Crippen LogP contribution in [0.4, 0.5) is 0 Å². The Hall–Kier alpha value is -0.850. The molecule has 0 aromatic carbocycles. The molecule has 1 aromatic rings. The number of aromatic nitrogens is 1. The molecule has 1 aromatic heterocycles. The summed E-state index contributed by atoms with van der Waals surface area (Å²) in [5, 5.41) is 0. The Morgan fingerprint density at radius 2 is 1.12 bits per heavy atom. The predicted molar refractivity (Wildman–Crippen MR) is 106 cm³/mol. The second-order valence-corrected chi connectivity index (χ2v) is 7.58. The van der Waals surface area contributed by atoms with Crippen LogP contribution in [0.15, 0.2) is 24.5 Å². The zero-order valence-corrected chi connectivity index (χ0v) is 16.6. The molecule has 24 heavy (non-hydrogen) atoms. The third-order valence-electron chi connectivity index (χ3n) is 5.07. The first-order chi connectivity index (χ1) is 11.8. The van der Waals surface area contributed by atoms with Crippen molar-refractivity contribution in [2.75, 3.05) is 0 Å². The standard InChI is InChI=1S/C23H42N/c1-3-4-5-6-7-8-9-10-11-12-13-14-15-16-17-19-23-20-18-21-24(2)22-23/h18,20-22H,3-17,19H2,1-2H3/q+1. The number of nitrogens with zero attached hydrogens (tertiary/aromatic N) is 1. The fourth-order valence-corrected chi connectivity index (χ4v) is 3.50. The van der Waals surface area contributed by atoms with Crippen molar-refractivity contribution in [3.8, 4) is 0 Å². The van der Waals surface area contributed by atoms with Crippen LogP contribution in [0.1, 0.15) is 109 Å². The van der Waals surface area contributed by atoms with E-state index in [0.717, 1.165) is 0 Å². The summed E-state index contributed by atoms with van der Waals surface area (Å²) in [7, 11) is 2.11. The number of pyridine rings is 1. The first kappa shape index (κ1) is 21.2. The molecule has 0 aliphatic rings. The molecule has 0 saturated carbocycles.